The zero-order valence-electron chi connectivity index (χ0n) is 18.2. The van der Waals surface area contributed by atoms with Gasteiger partial charge in [0.15, 0.2) is 0 Å². The van der Waals surface area contributed by atoms with Crippen LogP contribution in [0.15, 0.2) is 79.8 Å². The fraction of sp³-hybridized carbons (Fsp3) is 0.125. The summed E-state index contributed by atoms with van der Waals surface area (Å²) in [6.07, 6.45) is 12.3. The third kappa shape index (κ3) is 4.16. The highest BCUT2D eigenvalue weighted by Gasteiger charge is 2.14. The first-order valence-corrected chi connectivity index (χ1v) is 10.5. The van der Waals surface area contributed by atoms with Gasteiger partial charge < -0.3 is 10.6 Å². The smallest absolute Gasteiger partial charge is 0.257 e. The molecule has 1 atom stereocenters. The minimum atomic E-state index is -0.197. The molecule has 1 amide bonds. The number of fused-ring (bicyclic) bond motifs is 1. The molecule has 5 rings (SSSR count). The summed E-state index contributed by atoms with van der Waals surface area (Å²) >= 11 is 0. The molecule has 9 nitrogen and oxygen atoms in total. The number of nitrogens with one attached hydrogen (secondary N) is 2. The Labute approximate surface area is 190 Å². The predicted molar refractivity (Wildman–Crippen MR) is 126 cm³/mol. The summed E-state index contributed by atoms with van der Waals surface area (Å²) in [5.74, 6) is -0.197. The topological polar surface area (TPSA) is 103 Å². The van der Waals surface area contributed by atoms with E-state index in [2.05, 4.69) is 37.7 Å². The monoisotopic (exact) mass is 438 g/mol. The van der Waals surface area contributed by atoms with E-state index in [1.807, 2.05) is 48.4 Å². The number of amides is 1. The Bertz CT molecular complexity index is 1420. The molecule has 0 radical (unpaired) electrons. The summed E-state index contributed by atoms with van der Waals surface area (Å²) in [5.41, 5.74) is 4.89. The van der Waals surface area contributed by atoms with Gasteiger partial charge in [0.05, 0.1) is 47.8 Å². The van der Waals surface area contributed by atoms with Crippen LogP contribution in [0.3, 0.4) is 0 Å². The van der Waals surface area contributed by atoms with Crippen molar-refractivity contribution in [3.05, 3.63) is 90.9 Å². The van der Waals surface area contributed by atoms with Crippen molar-refractivity contribution in [2.45, 2.75) is 13.0 Å². The van der Waals surface area contributed by atoms with E-state index in [0.717, 1.165) is 33.5 Å². The summed E-state index contributed by atoms with van der Waals surface area (Å²) in [6.45, 7) is 2.06. The van der Waals surface area contributed by atoms with Gasteiger partial charge >= 0.3 is 0 Å². The lowest BCUT2D eigenvalue weighted by molar-refractivity contribution is 0.102. The van der Waals surface area contributed by atoms with Crippen molar-refractivity contribution in [2.75, 3.05) is 10.6 Å². The van der Waals surface area contributed by atoms with Crippen molar-refractivity contribution in [3.63, 3.8) is 0 Å². The Morgan fingerprint density at radius 3 is 2.70 bits per heavy atom. The SMILES string of the molecule is CC(Nc1cncc2c1cnn2-c1cnn(C)c1)c1cccc(NC(=O)c2cccnc2)c1. The molecular formula is C24H22N8O. The third-order valence-electron chi connectivity index (χ3n) is 5.37. The number of aromatic nitrogens is 6. The van der Waals surface area contributed by atoms with Gasteiger partial charge in [0, 0.05) is 36.6 Å². The van der Waals surface area contributed by atoms with Crippen molar-refractivity contribution in [3.8, 4) is 5.69 Å². The second-order valence-electron chi connectivity index (χ2n) is 7.74. The van der Waals surface area contributed by atoms with Gasteiger partial charge in [0.25, 0.3) is 5.91 Å². The molecule has 0 saturated heterocycles. The second-order valence-corrected chi connectivity index (χ2v) is 7.74. The van der Waals surface area contributed by atoms with Gasteiger partial charge in [0.2, 0.25) is 0 Å². The number of aryl methyl sites for hydroxylation is 1. The first-order chi connectivity index (χ1) is 16.1. The van der Waals surface area contributed by atoms with Gasteiger partial charge in [0.1, 0.15) is 5.69 Å². The molecule has 0 bridgehead atoms. The number of anilines is 2. The molecule has 9 heteroatoms. The summed E-state index contributed by atoms with van der Waals surface area (Å²) in [6, 6.07) is 11.2. The molecule has 1 unspecified atom stereocenters. The van der Waals surface area contributed by atoms with Crippen LogP contribution < -0.4 is 10.6 Å². The Hall–Kier alpha value is -4.53. The minimum Gasteiger partial charge on any atom is -0.377 e. The number of carbonyl (C=O) groups excluding carboxylic acids is 1. The van der Waals surface area contributed by atoms with Crippen molar-refractivity contribution in [1.29, 1.82) is 0 Å². The zero-order chi connectivity index (χ0) is 22.8. The summed E-state index contributed by atoms with van der Waals surface area (Å²) in [7, 11) is 1.87. The highest BCUT2D eigenvalue weighted by atomic mass is 16.1. The maximum Gasteiger partial charge on any atom is 0.257 e. The van der Waals surface area contributed by atoms with Crippen molar-refractivity contribution in [1.82, 2.24) is 29.5 Å². The Balaban J connectivity index is 1.37. The van der Waals surface area contributed by atoms with E-state index < -0.39 is 0 Å². The molecule has 0 saturated carbocycles. The number of carbonyl (C=O) groups is 1. The van der Waals surface area contributed by atoms with E-state index >= 15 is 0 Å². The molecule has 0 aliphatic carbocycles. The van der Waals surface area contributed by atoms with Crippen LogP contribution in [0.4, 0.5) is 11.4 Å². The first-order valence-electron chi connectivity index (χ1n) is 10.5. The van der Waals surface area contributed by atoms with Crippen LogP contribution >= 0.6 is 0 Å². The van der Waals surface area contributed by atoms with Crippen LogP contribution in [0.25, 0.3) is 16.6 Å². The quantitative estimate of drug-likeness (QED) is 0.416. The van der Waals surface area contributed by atoms with Gasteiger partial charge in [-0.2, -0.15) is 10.2 Å². The number of rotatable bonds is 6. The summed E-state index contributed by atoms with van der Waals surface area (Å²) in [4.78, 5) is 20.9. The number of hydrogen-bond acceptors (Lipinski definition) is 6. The van der Waals surface area contributed by atoms with Crippen LogP contribution in [0, 0.1) is 0 Å². The van der Waals surface area contributed by atoms with Gasteiger partial charge in [-0.05, 0) is 36.8 Å². The van der Waals surface area contributed by atoms with Gasteiger partial charge in [-0.15, -0.1) is 0 Å². The fourth-order valence-corrected chi connectivity index (χ4v) is 3.68. The molecule has 1 aromatic carbocycles. The van der Waals surface area contributed by atoms with Crippen LogP contribution in [0.2, 0.25) is 0 Å². The third-order valence-corrected chi connectivity index (χ3v) is 5.37. The highest BCUT2D eigenvalue weighted by Crippen LogP contribution is 2.28. The molecule has 0 spiro atoms. The van der Waals surface area contributed by atoms with Crippen LogP contribution in [0.1, 0.15) is 28.9 Å². The fourth-order valence-electron chi connectivity index (χ4n) is 3.68. The first kappa shape index (κ1) is 20.4. The summed E-state index contributed by atoms with van der Waals surface area (Å²) < 4.78 is 3.56. The Kier molecular flexibility index (Phi) is 5.27. The van der Waals surface area contributed by atoms with Crippen LogP contribution in [-0.4, -0.2) is 35.4 Å². The molecular weight excluding hydrogens is 416 g/mol. The standard InChI is InChI=1S/C24H22N8O/c1-16(17-5-3-7-19(9-17)30-24(33)18-6-4-8-25-10-18)29-22-13-26-14-23-21(22)12-28-32(23)20-11-27-31(2)15-20/h3-16,29H,1-2H3,(H,30,33). The molecule has 0 aliphatic heterocycles. The second kappa shape index (κ2) is 8.54. The van der Waals surface area contributed by atoms with E-state index in [1.165, 1.54) is 0 Å². The molecule has 2 N–H and O–H groups in total. The number of benzene rings is 1. The van der Waals surface area contributed by atoms with Crippen molar-refractivity contribution >= 4 is 28.2 Å². The molecule has 5 aromatic rings. The maximum absolute atomic E-state index is 12.5. The lowest BCUT2D eigenvalue weighted by atomic mass is 10.1. The van der Waals surface area contributed by atoms with E-state index in [0.29, 0.717) is 5.56 Å². The zero-order valence-corrected chi connectivity index (χ0v) is 18.2. The Morgan fingerprint density at radius 2 is 1.91 bits per heavy atom. The molecule has 0 fully saturated rings. The maximum atomic E-state index is 12.5. The molecule has 164 valence electrons. The number of pyridine rings is 2. The average molecular weight is 438 g/mol. The largest absolute Gasteiger partial charge is 0.377 e. The average Bonchev–Trinajstić information content (AvgIpc) is 3.46. The highest BCUT2D eigenvalue weighted by molar-refractivity contribution is 6.04. The van der Waals surface area contributed by atoms with Crippen molar-refractivity contribution in [2.24, 2.45) is 7.05 Å². The molecule has 0 aliphatic rings. The molecule has 33 heavy (non-hydrogen) atoms. The number of hydrogen-bond donors (Lipinski definition) is 2. The van der Waals surface area contributed by atoms with E-state index in [4.69, 9.17) is 0 Å². The van der Waals surface area contributed by atoms with Crippen LogP contribution in [-0.2, 0) is 7.05 Å². The van der Waals surface area contributed by atoms with E-state index in [1.54, 1.807) is 47.8 Å². The Morgan fingerprint density at radius 1 is 1.00 bits per heavy atom. The lowest BCUT2D eigenvalue weighted by Crippen LogP contribution is -2.13. The normalized spacial score (nSPS) is 11.9. The lowest BCUT2D eigenvalue weighted by Gasteiger charge is -2.17. The van der Waals surface area contributed by atoms with E-state index in [9.17, 15) is 4.79 Å². The predicted octanol–water partition coefficient (Wildman–Crippen LogP) is 3.97. The summed E-state index contributed by atoms with van der Waals surface area (Å²) in [5, 5.41) is 16.2. The number of nitrogens with zero attached hydrogens (tertiary/aromatic N) is 6. The molecule has 4 aromatic heterocycles. The minimum absolute atomic E-state index is 0.0330. The molecule has 4 heterocycles. The van der Waals surface area contributed by atoms with Gasteiger partial charge in [-0.1, -0.05) is 12.1 Å². The van der Waals surface area contributed by atoms with E-state index in [-0.39, 0.29) is 11.9 Å². The van der Waals surface area contributed by atoms with Gasteiger partial charge in [-0.25, -0.2) is 4.68 Å². The van der Waals surface area contributed by atoms with Gasteiger partial charge in [-0.3, -0.25) is 19.4 Å². The van der Waals surface area contributed by atoms with Crippen molar-refractivity contribution < 1.29 is 4.79 Å². The van der Waals surface area contributed by atoms with Crippen LogP contribution in [0.5, 0.6) is 0 Å².